The molecule has 3 N–H and O–H groups in total. The Bertz CT molecular complexity index is 935. The van der Waals surface area contributed by atoms with Gasteiger partial charge < -0.3 is 14.9 Å². The number of aliphatic carboxylic acids is 1. The number of phenols is 1. The number of nitrogens with zero attached hydrogens (tertiary/aromatic N) is 1. The number of halogens is 1. The molecule has 2 atom stereocenters. The predicted octanol–water partition coefficient (Wildman–Crippen LogP) is 4.44. The molecule has 28 heavy (non-hydrogen) atoms. The number of carboxylic acids is 1. The number of hydrogen-bond donors (Lipinski definition) is 3. The van der Waals surface area contributed by atoms with E-state index < -0.39 is 24.1 Å². The number of ether oxygens (including phenoxy) is 1. The highest BCUT2D eigenvalue weighted by molar-refractivity contribution is 14.1. The lowest BCUT2D eigenvalue weighted by molar-refractivity contribution is -0.131. The zero-order chi connectivity index (χ0) is 20.7. The van der Waals surface area contributed by atoms with Gasteiger partial charge in [-0.2, -0.15) is 5.26 Å². The molecule has 2 aromatic rings. The molecule has 0 bridgehead atoms. The SMILES string of the molecule is C[C@@H](/C=C/C(=O)O)[C@H](OC(=O)Nc1ccc(C#N)cc1)c1cc(I)ccc1O. The molecule has 0 saturated heterocycles. The van der Waals surface area contributed by atoms with E-state index in [0.717, 1.165) is 9.65 Å². The highest BCUT2D eigenvalue weighted by Gasteiger charge is 2.25. The number of amides is 1. The van der Waals surface area contributed by atoms with Gasteiger partial charge in [0.15, 0.2) is 0 Å². The van der Waals surface area contributed by atoms with E-state index in [1.165, 1.54) is 12.1 Å². The number of carboxylic acid groups (broad SMARTS) is 1. The van der Waals surface area contributed by atoms with Crippen LogP contribution in [0.2, 0.25) is 0 Å². The zero-order valence-corrected chi connectivity index (χ0v) is 17.0. The van der Waals surface area contributed by atoms with Gasteiger partial charge in [0.1, 0.15) is 11.9 Å². The quantitative estimate of drug-likeness (QED) is 0.406. The number of nitrogens with one attached hydrogen (secondary N) is 1. The maximum absolute atomic E-state index is 12.4. The van der Waals surface area contributed by atoms with Gasteiger partial charge in [0, 0.05) is 26.8 Å². The summed E-state index contributed by atoms with van der Waals surface area (Å²) in [6.45, 7) is 1.68. The average molecular weight is 492 g/mol. The Labute approximate surface area is 175 Å². The number of carbonyl (C=O) groups is 2. The summed E-state index contributed by atoms with van der Waals surface area (Å²) in [5, 5.41) is 30.4. The van der Waals surface area contributed by atoms with E-state index in [-0.39, 0.29) is 5.75 Å². The lowest BCUT2D eigenvalue weighted by atomic mass is 9.96. The Morgan fingerprint density at radius 1 is 1.25 bits per heavy atom. The number of carbonyl (C=O) groups excluding carboxylic acids is 1. The van der Waals surface area contributed by atoms with Crippen LogP contribution in [0, 0.1) is 20.8 Å². The van der Waals surface area contributed by atoms with Crippen LogP contribution in [0.4, 0.5) is 10.5 Å². The van der Waals surface area contributed by atoms with Crippen LogP contribution in [0.3, 0.4) is 0 Å². The van der Waals surface area contributed by atoms with E-state index in [1.807, 2.05) is 6.07 Å². The van der Waals surface area contributed by atoms with Gasteiger partial charge in [-0.1, -0.05) is 13.0 Å². The fourth-order valence-electron chi connectivity index (χ4n) is 2.43. The molecule has 1 amide bonds. The first kappa shape index (κ1) is 21.2. The Morgan fingerprint density at radius 2 is 1.93 bits per heavy atom. The van der Waals surface area contributed by atoms with E-state index in [4.69, 9.17) is 15.1 Å². The van der Waals surface area contributed by atoms with Crippen LogP contribution in [0.25, 0.3) is 0 Å². The lowest BCUT2D eigenvalue weighted by Gasteiger charge is -2.23. The molecule has 0 radical (unpaired) electrons. The highest BCUT2D eigenvalue weighted by atomic mass is 127. The third-order valence-corrected chi connectivity index (χ3v) is 4.48. The summed E-state index contributed by atoms with van der Waals surface area (Å²) < 4.78 is 6.32. The van der Waals surface area contributed by atoms with E-state index in [0.29, 0.717) is 16.8 Å². The van der Waals surface area contributed by atoms with Crippen LogP contribution in [-0.4, -0.2) is 22.3 Å². The number of hydrogen-bond acceptors (Lipinski definition) is 5. The maximum Gasteiger partial charge on any atom is 0.412 e. The van der Waals surface area contributed by atoms with Crippen molar-refractivity contribution in [2.24, 2.45) is 5.92 Å². The van der Waals surface area contributed by atoms with E-state index in [9.17, 15) is 14.7 Å². The van der Waals surface area contributed by atoms with Gasteiger partial charge in [0.2, 0.25) is 0 Å². The fourth-order valence-corrected chi connectivity index (χ4v) is 2.95. The molecule has 2 rings (SSSR count). The van der Waals surface area contributed by atoms with Gasteiger partial charge in [-0.05, 0) is 65.1 Å². The van der Waals surface area contributed by atoms with Crippen LogP contribution in [0.15, 0.2) is 54.6 Å². The summed E-state index contributed by atoms with van der Waals surface area (Å²) >= 11 is 2.06. The molecule has 0 heterocycles. The van der Waals surface area contributed by atoms with Crippen molar-refractivity contribution >= 4 is 40.3 Å². The van der Waals surface area contributed by atoms with Crippen molar-refractivity contribution in [2.75, 3.05) is 5.32 Å². The molecule has 0 unspecified atom stereocenters. The van der Waals surface area contributed by atoms with Crippen molar-refractivity contribution in [3.05, 3.63) is 69.3 Å². The summed E-state index contributed by atoms with van der Waals surface area (Å²) in [6.07, 6.45) is 0.665. The van der Waals surface area contributed by atoms with Crippen LogP contribution >= 0.6 is 22.6 Å². The molecular formula is C20H17IN2O5. The van der Waals surface area contributed by atoms with Gasteiger partial charge >= 0.3 is 12.1 Å². The summed E-state index contributed by atoms with van der Waals surface area (Å²) in [5.74, 6) is -1.71. The van der Waals surface area contributed by atoms with Crippen LogP contribution in [0.5, 0.6) is 5.75 Å². The Balaban J connectivity index is 2.25. The van der Waals surface area contributed by atoms with Crippen molar-refractivity contribution < 1.29 is 24.5 Å². The fraction of sp³-hybridized carbons (Fsp3) is 0.150. The summed E-state index contributed by atoms with van der Waals surface area (Å²) in [7, 11) is 0. The van der Waals surface area contributed by atoms with E-state index in [1.54, 1.807) is 43.3 Å². The number of rotatable bonds is 6. The van der Waals surface area contributed by atoms with Crippen LogP contribution in [0.1, 0.15) is 24.2 Å². The van der Waals surface area contributed by atoms with Crippen LogP contribution in [-0.2, 0) is 9.53 Å². The molecule has 0 aliphatic rings. The average Bonchev–Trinajstić information content (AvgIpc) is 2.67. The minimum absolute atomic E-state index is 0.0628. The molecule has 0 aliphatic carbocycles. The first-order valence-electron chi connectivity index (χ1n) is 8.17. The van der Waals surface area contributed by atoms with E-state index in [2.05, 4.69) is 27.9 Å². The Hall–Kier alpha value is -3.06. The van der Waals surface area contributed by atoms with Gasteiger partial charge in [0.05, 0.1) is 11.6 Å². The number of aromatic hydroxyl groups is 1. The van der Waals surface area contributed by atoms with Gasteiger partial charge in [-0.3, -0.25) is 5.32 Å². The molecule has 8 heteroatoms. The molecule has 2 aromatic carbocycles. The minimum Gasteiger partial charge on any atom is -0.508 e. The number of nitriles is 1. The monoisotopic (exact) mass is 492 g/mol. The zero-order valence-electron chi connectivity index (χ0n) is 14.8. The van der Waals surface area contributed by atoms with Crippen molar-refractivity contribution in [3.8, 4) is 11.8 Å². The van der Waals surface area contributed by atoms with Gasteiger partial charge in [0.25, 0.3) is 0 Å². The number of benzene rings is 2. The van der Waals surface area contributed by atoms with Crippen molar-refractivity contribution in [2.45, 2.75) is 13.0 Å². The molecule has 0 aliphatic heterocycles. The first-order chi connectivity index (χ1) is 13.3. The molecule has 0 spiro atoms. The topological polar surface area (TPSA) is 120 Å². The molecule has 144 valence electrons. The number of phenolic OH excluding ortho intramolecular Hbond substituents is 1. The maximum atomic E-state index is 12.4. The minimum atomic E-state index is -1.13. The summed E-state index contributed by atoms with van der Waals surface area (Å²) in [6, 6.07) is 13.1. The standard InChI is InChI=1S/C20H17IN2O5/c1-12(2-9-18(25)26)19(16-10-14(21)5-8-17(16)24)28-20(27)23-15-6-3-13(11-22)4-7-15/h2-10,12,19,24H,1H3,(H,23,27)(H,25,26)/b9-2+/t12-,19-/m0/s1. The Morgan fingerprint density at radius 3 is 2.54 bits per heavy atom. The van der Waals surface area contributed by atoms with Gasteiger partial charge in [-0.25, -0.2) is 9.59 Å². The van der Waals surface area contributed by atoms with E-state index >= 15 is 0 Å². The third kappa shape index (κ3) is 5.99. The molecule has 7 nitrogen and oxygen atoms in total. The highest BCUT2D eigenvalue weighted by Crippen LogP contribution is 2.34. The molecule has 0 saturated carbocycles. The number of anilines is 1. The van der Waals surface area contributed by atoms with Crippen LogP contribution < -0.4 is 5.32 Å². The van der Waals surface area contributed by atoms with Crippen molar-refractivity contribution in [1.82, 2.24) is 0 Å². The van der Waals surface area contributed by atoms with Gasteiger partial charge in [-0.15, -0.1) is 0 Å². The summed E-state index contributed by atoms with van der Waals surface area (Å²) in [5.41, 5.74) is 1.25. The second-order valence-electron chi connectivity index (χ2n) is 5.90. The predicted molar refractivity (Wildman–Crippen MR) is 111 cm³/mol. The molecule has 0 aromatic heterocycles. The lowest BCUT2D eigenvalue weighted by Crippen LogP contribution is -2.21. The normalized spacial score (nSPS) is 12.8. The largest absolute Gasteiger partial charge is 0.508 e. The molecule has 0 fully saturated rings. The molecular weight excluding hydrogens is 475 g/mol. The summed E-state index contributed by atoms with van der Waals surface area (Å²) in [4.78, 5) is 23.2. The smallest absolute Gasteiger partial charge is 0.412 e. The third-order valence-electron chi connectivity index (χ3n) is 3.81. The van der Waals surface area contributed by atoms with Crippen molar-refractivity contribution in [1.29, 1.82) is 5.26 Å². The first-order valence-corrected chi connectivity index (χ1v) is 9.25. The Kier molecular flexibility index (Phi) is 7.40. The second-order valence-corrected chi connectivity index (χ2v) is 7.15. The second kappa shape index (κ2) is 9.75. The van der Waals surface area contributed by atoms with Crippen molar-refractivity contribution in [3.63, 3.8) is 0 Å².